The summed E-state index contributed by atoms with van der Waals surface area (Å²) < 4.78 is 0. The summed E-state index contributed by atoms with van der Waals surface area (Å²) in [5, 5.41) is 10.00. The minimum absolute atomic E-state index is 0.0250. The van der Waals surface area contributed by atoms with E-state index in [4.69, 9.17) is 0 Å². The zero-order valence-corrected chi connectivity index (χ0v) is 15.1. The molecule has 0 spiro atoms. The Morgan fingerprint density at radius 3 is 2.38 bits per heavy atom. The lowest BCUT2D eigenvalue weighted by Crippen LogP contribution is -2.43. The van der Waals surface area contributed by atoms with E-state index in [0.717, 1.165) is 12.1 Å². The van der Waals surface area contributed by atoms with Crippen LogP contribution in [0.15, 0.2) is 30.8 Å². The quantitative estimate of drug-likeness (QED) is 0.903. The van der Waals surface area contributed by atoms with Crippen LogP contribution in [0.1, 0.15) is 41.6 Å². The van der Waals surface area contributed by atoms with E-state index >= 15 is 0 Å². The molecule has 4 rings (SSSR count). The summed E-state index contributed by atoms with van der Waals surface area (Å²) >= 11 is 0. The van der Waals surface area contributed by atoms with Gasteiger partial charge >= 0.3 is 5.97 Å². The van der Waals surface area contributed by atoms with Gasteiger partial charge in [0.05, 0.1) is 0 Å². The number of aliphatic carboxylic acids is 1. The molecule has 0 radical (unpaired) electrons. The molecule has 1 aliphatic carbocycles. The van der Waals surface area contributed by atoms with E-state index in [1.165, 1.54) is 25.7 Å². The van der Waals surface area contributed by atoms with Gasteiger partial charge in [0.15, 0.2) is 0 Å². The van der Waals surface area contributed by atoms with Crippen LogP contribution in [0.25, 0.3) is 6.08 Å². The SMILES string of the molecule is C=Cc1ccc(C(=O)N2C[C@@H]3CN(C4CCCC4)C[C@]3(C(=O)O)C2)cc1. The maximum absolute atomic E-state index is 12.9. The smallest absolute Gasteiger partial charge is 0.313 e. The Hall–Kier alpha value is -2.14. The van der Waals surface area contributed by atoms with Crippen molar-refractivity contribution in [1.82, 2.24) is 9.80 Å². The highest BCUT2D eigenvalue weighted by Crippen LogP contribution is 2.45. The number of hydrogen-bond donors (Lipinski definition) is 1. The third kappa shape index (κ3) is 2.75. The van der Waals surface area contributed by atoms with Crippen LogP contribution in [0.4, 0.5) is 0 Å². The first kappa shape index (κ1) is 17.3. The third-order valence-corrected chi connectivity index (χ3v) is 6.58. The number of hydrogen-bond acceptors (Lipinski definition) is 3. The normalized spacial score (nSPS) is 29.1. The van der Waals surface area contributed by atoms with E-state index in [9.17, 15) is 14.7 Å². The van der Waals surface area contributed by atoms with Crippen molar-refractivity contribution in [3.63, 3.8) is 0 Å². The molecule has 0 unspecified atom stereocenters. The van der Waals surface area contributed by atoms with Gasteiger partial charge in [-0.25, -0.2) is 0 Å². The van der Waals surface area contributed by atoms with Gasteiger partial charge in [-0.1, -0.05) is 37.6 Å². The molecular formula is C21H26N2O3. The molecular weight excluding hydrogens is 328 g/mol. The van der Waals surface area contributed by atoms with E-state index in [0.29, 0.717) is 31.2 Å². The largest absolute Gasteiger partial charge is 0.481 e. The number of likely N-dealkylation sites (tertiary alicyclic amines) is 2. The molecule has 5 nitrogen and oxygen atoms in total. The molecule has 1 amide bonds. The first-order valence-corrected chi connectivity index (χ1v) is 9.53. The van der Waals surface area contributed by atoms with Gasteiger partial charge in [0.1, 0.15) is 5.41 Å². The van der Waals surface area contributed by atoms with E-state index in [1.54, 1.807) is 23.1 Å². The number of amides is 1. The third-order valence-electron chi connectivity index (χ3n) is 6.58. The molecule has 26 heavy (non-hydrogen) atoms. The van der Waals surface area contributed by atoms with E-state index in [2.05, 4.69) is 11.5 Å². The Balaban J connectivity index is 1.51. The number of carbonyl (C=O) groups excluding carboxylic acids is 1. The van der Waals surface area contributed by atoms with Gasteiger partial charge in [0.25, 0.3) is 5.91 Å². The summed E-state index contributed by atoms with van der Waals surface area (Å²) in [4.78, 5) is 29.2. The van der Waals surface area contributed by atoms with Crippen molar-refractivity contribution in [2.75, 3.05) is 26.2 Å². The predicted octanol–water partition coefficient (Wildman–Crippen LogP) is 2.73. The van der Waals surface area contributed by atoms with Crippen molar-refractivity contribution in [2.45, 2.75) is 31.7 Å². The molecule has 2 atom stereocenters. The van der Waals surface area contributed by atoms with Crippen LogP contribution in [0.5, 0.6) is 0 Å². The fourth-order valence-electron chi connectivity index (χ4n) is 5.05. The van der Waals surface area contributed by atoms with Gasteiger partial charge in [-0.2, -0.15) is 0 Å². The lowest BCUT2D eigenvalue weighted by Gasteiger charge is -2.28. The summed E-state index contributed by atoms with van der Waals surface area (Å²) in [6.45, 7) is 5.96. The highest BCUT2D eigenvalue weighted by Gasteiger charge is 2.59. The standard InChI is InChI=1S/C21H26N2O3/c1-2-15-7-9-16(10-8-15)19(24)23-12-17-11-22(18-5-3-4-6-18)13-21(17,14-23)20(25)26/h2,7-10,17-18H,1,3-6,11-14H2,(H,25,26)/t17-,21-/m0/s1. The minimum atomic E-state index is -0.806. The Labute approximate surface area is 154 Å². The number of nitrogens with zero attached hydrogens (tertiary/aromatic N) is 2. The number of benzene rings is 1. The maximum Gasteiger partial charge on any atom is 0.313 e. The van der Waals surface area contributed by atoms with Crippen LogP contribution >= 0.6 is 0 Å². The van der Waals surface area contributed by atoms with Gasteiger partial charge in [-0.05, 0) is 30.5 Å². The molecule has 2 aliphatic heterocycles. The predicted molar refractivity (Wildman–Crippen MR) is 99.8 cm³/mol. The van der Waals surface area contributed by atoms with Gasteiger partial charge in [0, 0.05) is 43.7 Å². The van der Waals surface area contributed by atoms with Crippen LogP contribution in [0.3, 0.4) is 0 Å². The zero-order chi connectivity index (χ0) is 18.3. The highest BCUT2D eigenvalue weighted by molar-refractivity contribution is 5.95. The number of carboxylic acid groups (broad SMARTS) is 1. The van der Waals surface area contributed by atoms with Crippen LogP contribution < -0.4 is 0 Å². The molecule has 1 saturated carbocycles. The Morgan fingerprint density at radius 1 is 1.12 bits per heavy atom. The summed E-state index contributed by atoms with van der Waals surface area (Å²) in [5.41, 5.74) is 0.775. The Kier molecular flexibility index (Phi) is 4.35. The van der Waals surface area contributed by atoms with Crippen LogP contribution in [-0.2, 0) is 4.79 Å². The minimum Gasteiger partial charge on any atom is -0.481 e. The molecule has 5 heteroatoms. The first-order valence-electron chi connectivity index (χ1n) is 9.53. The van der Waals surface area contributed by atoms with Crippen LogP contribution in [0, 0.1) is 11.3 Å². The van der Waals surface area contributed by atoms with Gasteiger partial charge < -0.3 is 10.0 Å². The number of fused-ring (bicyclic) bond motifs is 1. The molecule has 3 fully saturated rings. The molecule has 2 saturated heterocycles. The van der Waals surface area contributed by atoms with Crippen LogP contribution in [0.2, 0.25) is 0 Å². The van der Waals surface area contributed by atoms with Gasteiger partial charge in [0.2, 0.25) is 0 Å². The van der Waals surface area contributed by atoms with E-state index in [-0.39, 0.29) is 11.8 Å². The number of rotatable bonds is 4. The summed E-state index contributed by atoms with van der Waals surface area (Å²) in [5.74, 6) is -0.791. The summed E-state index contributed by atoms with van der Waals surface area (Å²) in [6.07, 6.45) is 6.60. The van der Waals surface area contributed by atoms with Crippen molar-refractivity contribution < 1.29 is 14.7 Å². The molecule has 3 aliphatic rings. The zero-order valence-electron chi connectivity index (χ0n) is 15.1. The van der Waals surface area contributed by atoms with Gasteiger partial charge in [-0.3, -0.25) is 14.5 Å². The van der Waals surface area contributed by atoms with Crippen molar-refractivity contribution in [1.29, 1.82) is 0 Å². The van der Waals surface area contributed by atoms with E-state index in [1.807, 2.05) is 12.1 Å². The number of carbonyl (C=O) groups is 2. The lowest BCUT2D eigenvalue weighted by molar-refractivity contribution is -0.148. The molecule has 138 valence electrons. The Morgan fingerprint density at radius 2 is 1.81 bits per heavy atom. The molecule has 2 heterocycles. The van der Waals surface area contributed by atoms with Crippen LogP contribution in [-0.4, -0.2) is 59.0 Å². The summed E-state index contributed by atoms with van der Waals surface area (Å²) in [7, 11) is 0. The van der Waals surface area contributed by atoms with Gasteiger partial charge in [-0.15, -0.1) is 0 Å². The highest BCUT2D eigenvalue weighted by atomic mass is 16.4. The summed E-state index contributed by atoms with van der Waals surface area (Å²) in [6, 6.07) is 7.86. The van der Waals surface area contributed by atoms with Crippen molar-refractivity contribution >= 4 is 18.0 Å². The van der Waals surface area contributed by atoms with Crippen molar-refractivity contribution in [3.05, 3.63) is 42.0 Å². The second-order valence-electron chi connectivity index (χ2n) is 8.04. The second kappa shape index (κ2) is 6.54. The average Bonchev–Trinajstić information content (AvgIpc) is 3.35. The number of carboxylic acids is 1. The topological polar surface area (TPSA) is 60.9 Å². The second-order valence-corrected chi connectivity index (χ2v) is 8.04. The molecule has 1 N–H and O–H groups in total. The molecule has 1 aromatic carbocycles. The first-order chi connectivity index (χ1) is 12.5. The van der Waals surface area contributed by atoms with Crippen molar-refractivity contribution in [3.8, 4) is 0 Å². The Bertz CT molecular complexity index is 723. The molecule has 0 bridgehead atoms. The fraction of sp³-hybridized carbons (Fsp3) is 0.524. The van der Waals surface area contributed by atoms with Crippen molar-refractivity contribution in [2.24, 2.45) is 11.3 Å². The van der Waals surface area contributed by atoms with E-state index < -0.39 is 11.4 Å². The molecule has 1 aromatic rings. The maximum atomic E-state index is 12.9. The lowest BCUT2D eigenvalue weighted by atomic mass is 9.81. The molecule has 0 aromatic heterocycles. The average molecular weight is 354 g/mol. The fourth-order valence-corrected chi connectivity index (χ4v) is 5.05. The monoisotopic (exact) mass is 354 g/mol.